The highest BCUT2D eigenvalue weighted by atomic mass is 79.9. The van der Waals surface area contributed by atoms with Gasteiger partial charge in [-0.1, -0.05) is 58.9 Å². The standard InChI is InChI=1S/C34H39BrN2O4/c1-6-14-37-24-16-33(2,3)18-26(38)31(24)30(32-25(37)17-34(4,5)19-27(32)39)21-12-13-28(23(35)15-21)41-20-29(40)36-22-10-8-7-9-11-22/h7-13,15,30H,6,14,16-20H2,1-5H3,(H,36,40). The van der Waals surface area contributed by atoms with Gasteiger partial charge in [-0.2, -0.15) is 0 Å². The van der Waals surface area contributed by atoms with Crippen molar-refractivity contribution >= 4 is 39.1 Å². The van der Waals surface area contributed by atoms with Gasteiger partial charge in [0.2, 0.25) is 0 Å². The number of carbonyl (C=O) groups excluding carboxylic acids is 3. The molecule has 1 aliphatic heterocycles. The minimum atomic E-state index is -0.410. The van der Waals surface area contributed by atoms with Crippen LogP contribution < -0.4 is 10.1 Å². The lowest BCUT2D eigenvalue weighted by Gasteiger charge is -2.49. The van der Waals surface area contributed by atoms with Crippen molar-refractivity contribution in [3.8, 4) is 5.75 Å². The topological polar surface area (TPSA) is 75.7 Å². The van der Waals surface area contributed by atoms with E-state index in [2.05, 4.69) is 60.8 Å². The molecule has 7 heteroatoms. The minimum Gasteiger partial charge on any atom is -0.483 e. The van der Waals surface area contributed by atoms with Gasteiger partial charge in [0.15, 0.2) is 18.2 Å². The van der Waals surface area contributed by atoms with Crippen LogP contribution in [-0.4, -0.2) is 35.5 Å². The van der Waals surface area contributed by atoms with Gasteiger partial charge in [-0.3, -0.25) is 14.4 Å². The molecule has 41 heavy (non-hydrogen) atoms. The molecule has 3 aliphatic rings. The molecule has 1 heterocycles. The summed E-state index contributed by atoms with van der Waals surface area (Å²) < 4.78 is 6.52. The first kappa shape index (κ1) is 29.3. The zero-order valence-electron chi connectivity index (χ0n) is 24.6. The molecule has 0 aromatic heterocycles. The summed E-state index contributed by atoms with van der Waals surface area (Å²) in [6.45, 7) is 11.4. The van der Waals surface area contributed by atoms with Gasteiger partial charge >= 0.3 is 0 Å². The smallest absolute Gasteiger partial charge is 0.262 e. The van der Waals surface area contributed by atoms with Crippen LogP contribution in [0.1, 0.15) is 78.2 Å². The Hall–Kier alpha value is -3.19. The Morgan fingerprint density at radius 2 is 1.51 bits per heavy atom. The van der Waals surface area contributed by atoms with Gasteiger partial charge in [-0.15, -0.1) is 0 Å². The molecule has 0 atom stereocenters. The fourth-order valence-corrected chi connectivity index (χ4v) is 7.06. The number of hydrogen-bond donors (Lipinski definition) is 1. The van der Waals surface area contributed by atoms with E-state index in [-0.39, 0.29) is 34.9 Å². The second-order valence-electron chi connectivity index (χ2n) is 13.1. The van der Waals surface area contributed by atoms with Crippen molar-refractivity contribution in [3.63, 3.8) is 0 Å². The molecule has 2 aromatic carbocycles. The van der Waals surface area contributed by atoms with E-state index in [4.69, 9.17) is 4.74 Å². The zero-order chi connectivity index (χ0) is 29.5. The number of para-hydroxylation sites is 1. The molecule has 5 rings (SSSR count). The summed E-state index contributed by atoms with van der Waals surface area (Å²) in [5.74, 6) is 0.107. The van der Waals surface area contributed by atoms with Crippen LogP contribution in [0.25, 0.3) is 0 Å². The molecule has 0 unspecified atom stereocenters. The lowest BCUT2D eigenvalue weighted by Crippen LogP contribution is -2.44. The average Bonchev–Trinajstić information content (AvgIpc) is 2.88. The molecule has 0 radical (unpaired) electrons. The Labute approximate surface area is 251 Å². The summed E-state index contributed by atoms with van der Waals surface area (Å²) >= 11 is 3.64. The molecule has 0 bridgehead atoms. The summed E-state index contributed by atoms with van der Waals surface area (Å²) in [5, 5.41) is 2.82. The Bertz CT molecular complexity index is 1400. The Morgan fingerprint density at radius 1 is 0.927 bits per heavy atom. The highest BCUT2D eigenvalue weighted by Gasteiger charge is 2.48. The second-order valence-corrected chi connectivity index (χ2v) is 13.9. The van der Waals surface area contributed by atoms with Crippen LogP contribution >= 0.6 is 15.9 Å². The van der Waals surface area contributed by atoms with E-state index >= 15 is 0 Å². The zero-order valence-corrected chi connectivity index (χ0v) is 26.2. The monoisotopic (exact) mass is 618 g/mol. The molecule has 0 spiro atoms. The molecule has 2 aliphatic carbocycles. The first-order chi connectivity index (χ1) is 19.4. The summed E-state index contributed by atoms with van der Waals surface area (Å²) in [6, 6.07) is 14.9. The number of allylic oxidation sites excluding steroid dienone is 4. The highest BCUT2D eigenvalue weighted by Crippen LogP contribution is 2.54. The highest BCUT2D eigenvalue weighted by molar-refractivity contribution is 9.10. The molecule has 1 amide bonds. The van der Waals surface area contributed by atoms with Crippen molar-refractivity contribution < 1.29 is 19.1 Å². The quantitative estimate of drug-likeness (QED) is 0.346. The lowest BCUT2D eigenvalue weighted by atomic mass is 9.63. The fraction of sp³-hybridized carbons (Fsp3) is 0.441. The number of benzene rings is 2. The molecule has 6 nitrogen and oxygen atoms in total. The van der Waals surface area contributed by atoms with Gasteiger partial charge in [-0.25, -0.2) is 0 Å². The average molecular weight is 620 g/mol. The number of ether oxygens (including phenoxy) is 1. The maximum Gasteiger partial charge on any atom is 0.262 e. The molecule has 1 N–H and O–H groups in total. The van der Waals surface area contributed by atoms with Gasteiger partial charge in [0.05, 0.1) is 4.47 Å². The Morgan fingerprint density at radius 3 is 2.05 bits per heavy atom. The maximum absolute atomic E-state index is 13.9. The van der Waals surface area contributed by atoms with E-state index in [0.29, 0.717) is 28.8 Å². The van der Waals surface area contributed by atoms with E-state index in [0.717, 1.165) is 53.9 Å². The van der Waals surface area contributed by atoms with Crippen LogP contribution in [0.4, 0.5) is 5.69 Å². The molecule has 216 valence electrons. The van der Waals surface area contributed by atoms with Gasteiger partial charge in [0, 0.05) is 53.5 Å². The van der Waals surface area contributed by atoms with E-state index in [1.54, 1.807) is 0 Å². The minimum absolute atomic E-state index is 0.126. The fourth-order valence-electron chi connectivity index (χ4n) is 6.55. The number of carbonyl (C=O) groups is 3. The van der Waals surface area contributed by atoms with Gasteiger partial charge < -0.3 is 15.0 Å². The van der Waals surface area contributed by atoms with Crippen molar-refractivity contribution in [3.05, 3.63) is 81.1 Å². The van der Waals surface area contributed by atoms with Crippen molar-refractivity contribution in [2.75, 3.05) is 18.5 Å². The van der Waals surface area contributed by atoms with Crippen molar-refractivity contribution in [1.29, 1.82) is 0 Å². The normalized spacial score (nSPS) is 20.1. The van der Waals surface area contributed by atoms with E-state index in [1.165, 1.54) is 0 Å². The van der Waals surface area contributed by atoms with Gasteiger partial charge in [0.1, 0.15) is 5.75 Å². The summed E-state index contributed by atoms with van der Waals surface area (Å²) in [7, 11) is 0. The van der Waals surface area contributed by atoms with E-state index in [9.17, 15) is 14.4 Å². The van der Waals surface area contributed by atoms with E-state index < -0.39 is 5.92 Å². The molecular weight excluding hydrogens is 580 g/mol. The summed E-state index contributed by atoms with van der Waals surface area (Å²) in [4.78, 5) is 42.5. The number of halogens is 1. The third-order valence-electron chi connectivity index (χ3n) is 8.17. The van der Waals surface area contributed by atoms with Crippen molar-refractivity contribution in [2.45, 2.75) is 72.6 Å². The molecule has 0 saturated heterocycles. The Balaban J connectivity index is 1.51. The number of amides is 1. The number of rotatable bonds is 7. The number of Topliss-reactive ketones (excluding diaryl/α,β-unsaturated/α-hetero) is 2. The van der Waals surface area contributed by atoms with Crippen LogP contribution in [0.15, 0.2) is 75.5 Å². The number of hydrogen-bond acceptors (Lipinski definition) is 5. The number of ketones is 2. The number of nitrogens with zero attached hydrogens (tertiary/aromatic N) is 1. The van der Waals surface area contributed by atoms with Crippen LogP contribution in [0.5, 0.6) is 5.75 Å². The van der Waals surface area contributed by atoms with Gasteiger partial charge in [0.25, 0.3) is 5.91 Å². The maximum atomic E-state index is 13.9. The van der Waals surface area contributed by atoms with Crippen LogP contribution in [0.2, 0.25) is 0 Å². The third-order valence-corrected chi connectivity index (χ3v) is 8.79. The Kier molecular flexibility index (Phi) is 8.03. The number of nitrogens with one attached hydrogen (secondary N) is 1. The first-order valence-corrected chi connectivity index (χ1v) is 15.3. The van der Waals surface area contributed by atoms with Crippen molar-refractivity contribution in [1.82, 2.24) is 4.90 Å². The van der Waals surface area contributed by atoms with Crippen LogP contribution in [0.3, 0.4) is 0 Å². The molecule has 0 fully saturated rings. The predicted molar refractivity (Wildman–Crippen MR) is 165 cm³/mol. The van der Waals surface area contributed by atoms with Crippen LogP contribution in [-0.2, 0) is 14.4 Å². The molecule has 0 saturated carbocycles. The third kappa shape index (κ3) is 6.06. The largest absolute Gasteiger partial charge is 0.483 e. The lowest BCUT2D eigenvalue weighted by molar-refractivity contribution is -0.120. The second kappa shape index (κ2) is 11.2. The SMILES string of the molecule is CCCN1C2=C(C(=O)CC(C)(C)C2)C(c2ccc(OCC(=O)Nc3ccccc3)c(Br)c2)C2=C1CC(C)(C)CC2=O. The van der Waals surface area contributed by atoms with E-state index in [1.807, 2.05) is 48.5 Å². The van der Waals surface area contributed by atoms with Gasteiger partial charge in [-0.05, 0) is 75.9 Å². The number of anilines is 1. The van der Waals surface area contributed by atoms with Crippen molar-refractivity contribution in [2.24, 2.45) is 10.8 Å². The predicted octanol–water partition coefficient (Wildman–Crippen LogP) is 7.56. The first-order valence-electron chi connectivity index (χ1n) is 14.5. The molecule has 2 aromatic rings. The summed E-state index contributed by atoms with van der Waals surface area (Å²) in [6.07, 6.45) is 3.45. The van der Waals surface area contributed by atoms with Crippen LogP contribution in [0, 0.1) is 10.8 Å². The summed E-state index contributed by atoms with van der Waals surface area (Å²) in [5.41, 5.74) is 5.01. The molecular formula is C34H39BrN2O4.